The Labute approximate surface area is 106 Å². The number of imidazole rings is 1. The Hall–Kier alpha value is -1.86. The van der Waals surface area contributed by atoms with Crippen molar-refractivity contribution in [3.8, 4) is 12.1 Å². The molecule has 0 atom stereocenters. The third kappa shape index (κ3) is 2.69. The Bertz CT molecular complexity index is 623. The predicted molar refractivity (Wildman–Crippen MR) is 65.2 cm³/mol. The molecule has 0 spiro atoms. The maximum atomic E-state index is 11.9. The molecule has 0 aliphatic heterocycles. The van der Waals surface area contributed by atoms with E-state index in [2.05, 4.69) is 4.98 Å². The van der Waals surface area contributed by atoms with Gasteiger partial charge in [0.25, 0.3) is 0 Å². The predicted octanol–water partition coefficient (Wildman–Crippen LogP) is 0.840. The van der Waals surface area contributed by atoms with Crippen LogP contribution < -0.4 is 0 Å². The van der Waals surface area contributed by atoms with Gasteiger partial charge in [-0.3, -0.25) is 0 Å². The summed E-state index contributed by atoms with van der Waals surface area (Å²) in [7, 11) is -3.26. The van der Waals surface area contributed by atoms with Crippen LogP contribution >= 0.6 is 0 Å². The highest BCUT2D eigenvalue weighted by atomic mass is 32.2. The van der Waals surface area contributed by atoms with Gasteiger partial charge in [0.1, 0.15) is 12.1 Å². The van der Waals surface area contributed by atoms with Crippen LogP contribution in [0.15, 0.2) is 6.33 Å². The lowest BCUT2D eigenvalue weighted by molar-refractivity contribution is 0.553. The summed E-state index contributed by atoms with van der Waals surface area (Å²) in [6, 6.07) is 3.64. The number of aromatic nitrogens is 2. The van der Waals surface area contributed by atoms with Crippen molar-refractivity contribution in [1.29, 1.82) is 10.5 Å². The number of nitriles is 2. The number of rotatable bonds is 3. The molecule has 18 heavy (non-hydrogen) atoms. The Morgan fingerprint density at radius 3 is 2.39 bits per heavy atom. The highest BCUT2D eigenvalue weighted by molar-refractivity contribution is 7.92. The van der Waals surface area contributed by atoms with Gasteiger partial charge in [0, 0.05) is 6.54 Å². The molecule has 0 aromatic carbocycles. The quantitative estimate of drug-likeness (QED) is 0.807. The summed E-state index contributed by atoms with van der Waals surface area (Å²) in [6.07, 6.45) is 1.31. The second kappa shape index (κ2) is 4.79. The first kappa shape index (κ1) is 14.2. The Balaban J connectivity index is 2.94. The first-order valence-corrected chi connectivity index (χ1v) is 6.96. The average molecular weight is 266 g/mol. The van der Waals surface area contributed by atoms with Crippen molar-refractivity contribution in [3.63, 3.8) is 0 Å². The minimum Gasteiger partial charge on any atom is -0.320 e. The van der Waals surface area contributed by atoms with E-state index in [0.717, 1.165) is 0 Å². The maximum absolute atomic E-state index is 11.9. The van der Waals surface area contributed by atoms with Gasteiger partial charge in [0.15, 0.2) is 21.2 Å². The van der Waals surface area contributed by atoms with Crippen molar-refractivity contribution >= 4 is 9.84 Å². The molecule has 0 fully saturated rings. The Kier molecular flexibility index (Phi) is 3.78. The number of nitrogens with zero attached hydrogens (tertiary/aromatic N) is 4. The van der Waals surface area contributed by atoms with Gasteiger partial charge in [-0.25, -0.2) is 13.4 Å². The van der Waals surface area contributed by atoms with Crippen molar-refractivity contribution in [2.75, 3.05) is 5.75 Å². The standard InChI is InChI=1S/C11H14N4O2S/c1-11(2,3)18(16,17)5-4-15-8-14-9(6-12)10(15)7-13/h8H,4-5H2,1-3H3. The van der Waals surface area contributed by atoms with Crippen LogP contribution in [-0.4, -0.2) is 28.5 Å². The van der Waals surface area contributed by atoms with E-state index in [1.807, 2.05) is 6.07 Å². The number of aryl methyl sites for hydroxylation is 1. The smallest absolute Gasteiger partial charge is 0.176 e. The van der Waals surface area contributed by atoms with Crippen LogP contribution in [-0.2, 0) is 16.4 Å². The number of sulfone groups is 1. The van der Waals surface area contributed by atoms with Crippen molar-refractivity contribution in [1.82, 2.24) is 9.55 Å². The second-order valence-corrected chi connectivity index (χ2v) is 7.65. The molecule has 0 unspecified atom stereocenters. The van der Waals surface area contributed by atoms with E-state index < -0.39 is 14.6 Å². The van der Waals surface area contributed by atoms with E-state index in [1.165, 1.54) is 10.9 Å². The topological polar surface area (TPSA) is 99.5 Å². The molecular weight excluding hydrogens is 252 g/mol. The zero-order valence-corrected chi connectivity index (χ0v) is 11.3. The summed E-state index contributed by atoms with van der Waals surface area (Å²) in [5.74, 6) is -0.0909. The molecule has 0 aliphatic rings. The molecule has 0 amide bonds. The van der Waals surface area contributed by atoms with Crippen LogP contribution in [0.3, 0.4) is 0 Å². The largest absolute Gasteiger partial charge is 0.320 e. The summed E-state index contributed by atoms with van der Waals surface area (Å²) in [5.41, 5.74) is 0.118. The molecule has 0 bridgehead atoms. The molecule has 96 valence electrons. The first-order chi connectivity index (χ1) is 8.23. The summed E-state index contributed by atoms with van der Waals surface area (Å²) in [6.45, 7) is 5.00. The van der Waals surface area contributed by atoms with Gasteiger partial charge in [-0.1, -0.05) is 0 Å². The van der Waals surface area contributed by atoms with Crippen LogP contribution in [0, 0.1) is 22.7 Å². The highest BCUT2D eigenvalue weighted by Gasteiger charge is 2.28. The zero-order valence-electron chi connectivity index (χ0n) is 10.5. The lowest BCUT2D eigenvalue weighted by Gasteiger charge is -2.19. The lowest BCUT2D eigenvalue weighted by atomic mass is 10.3. The van der Waals surface area contributed by atoms with E-state index in [0.29, 0.717) is 0 Å². The van der Waals surface area contributed by atoms with Crippen LogP contribution in [0.4, 0.5) is 0 Å². The normalized spacial score (nSPS) is 11.8. The third-order valence-corrected chi connectivity index (χ3v) is 5.17. The molecule has 0 saturated carbocycles. The van der Waals surface area contributed by atoms with Gasteiger partial charge >= 0.3 is 0 Å². The van der Waals surface area contributed by atoms with Gasteiger partial charge in [-0.2, -0.15) is 10.5 Å². The van der Waals surface area contributed by atoms with Crippen LogP contribution in [0.1, 0.15) is 32.2 Å². The summed E-state index contributed by atoms with van der Waals surface area (Å²) >= 11 is 0. The van der Waals surface area contributed by atoms with Crippen molar-refractivity contribution in [2.24, 2.45) is 0 Å². The van der Waals surface area contributed by atoms with Gasteiger partial charge < -0.3 is 4.57 Å². The van der Waals surface area contributed by atoms with Crippen molar-refractivity contribution in [3.05, 3.63) is 17.7 Å². The summed E-state index contributed by atoms with van der Waals surface area (Å²) in [4.78, 5) is 3.75. The summed E-state index contributed by atoms with van der Waals surface area (Å²) in [5, 5.41) is 17.6. The monoisotopic (exact) mass is 266 g/mol. The first-order valence-electron chi connectivity index (χ1n) is 5.30. The molecule has 1 aromatic rings. The Morgan fingerprint density at radius 1 is 1.33 bits per heavy atom. The minimum absolute atomic E-state index is 0.0191. The lowest BCUT2D eigenvalue weighted by Crippen LogP contribution is -2.32. The fraction of sp³-hybridized carbons (Fsp3) is 0.545. The van der Waals surface area contributed by atoms with E-state index in [-0.39, 0.29) is 23.7 Å². The van der Waals surface area contributed by atoms with Crippen LogP contribution in [0.2, 0.25) is 0 Å². The summed E-state index contributed by atoms with van der Waals surface area (Å²) < 4.78 is 24.4. The molecule has 0 radical (unpaired) electrons. The van der Waals surface area contributed by atoms with Gasteiger partial charge in [0.2, 0.25) is 0 Å². The SMILES string of the molecule is CC(C)(C)S(=O)(=O)CCn1cnc(C#N)c1C#N. The molecule has 0 N–H and O–H groups in total. The number of hydrogen-bond acceptors (Lipinski definition) is 5. The van der Waals surface area contributed by atoms with E-state index in [9.17, 15) is 8.42 Å². The van der Waals surface area contributed by atoms with Gasteiger partial charge in [-0.15, -0.1) is 0 Å². The Morgan fingerprint density at radius 2 is 1.94 bits per heavy atom. The molecule has 6 nitrogen and oxygen atoms in total. The third-order valence-electron chi connectivity index (χ3n) is 2.58. The molecule has 1 rings (SSSR count). The van der Waals surface area contributed by atoms with Gasteiger partial charge in [0.05, 0.1) is 16.8 Å². The van der Waals surface area contributed by atoms with Crippen LogP contribution in [0.5, 0.6) is 0 Å². The zero-order chi connectivity index (χ0) is 14.0. The molecule has 0 saturated heterocycles. The van der Waals surface area contributed by atoms with Crippen LogP contribution in [0.25, 0.3) is 0 Å². The second-order valence-electron chi connectivity index (χ2n) is 4.79. The van der Waals surface area contributed by atoms with E-state index in [1.54, 1.807) is 26.8 Å². The fourth-order valence-corrected chi connectivity index (χ4v) is 2.33. The molecule has 1 aromatic heterocycles. The molecule has 1 heterocycles. The molecular formula is C11H14N4O2S. The minimum atomic E-state index is -3.26. The van der Waals surface area contributed by atoms with Gasteiger partial charge in [-0.05, 0) is 20.8 Å². The highest BCUT2D eigenvalue weighted by Crippen LogP contribution is 2.16. The fourth-order valence-electron chi connectivity index (χ4n) is 1.28. The molecule has 0 aliphatic carbocycles. The average Bonchev–Trinajstić information content (AvgIpc) is 2.66. The van der Waals surface area contributed by atoms with Crippen molar-refractivity contribution in [2.45, 2.75) is 32.1 Å². The van der Waals surface area contributed by atoms with E-state index >= 15 is 0 Å². The maximum Gasteiger partial charge on any atom is 0.176 e. The van der Waals surface area contributed by atoms with E-state index in [4.69, 9.17) is 10.5 Å². The number of hydrogen-bond donors (Lipinski definition) is 0. The molecule has 7 heteroatoms. The van der Waals surface area contributed by atoms with Crippen molar-refractivity contribution < 1.29 is 8.42 Å².